The van der Waals surface area contributed by atoms with Gasteiger partial charge in [-0.05, 0) is 44.7 Å². The molecule has 1 fully saturated rings. The standard InChI is InChI=1S/C13H26N2O.ClH/c1-3-9-15(10-4-2)13(16)6-5-12-7-8-14-11-12;/h12,14H,3-11H2,1-2H3;1H. The fourth-order valence-electron chi connectivity index (χ4n) is 2.35. The van der Waals surface area contributed by atoms with Crippen molar-refractivity contribution in [2.24, 2.45) is 5.92 Å². The van der Waals surface area contributed by atoms with Crippen LogP contribution >= 0.6 is 12.4 Å². The van der Waals surface area contributed by atoms with Crippen molar-refractivity contribution in [3.63, 3.8) is 0 Å². The second-order valence-corrected chi connectivity index (χ2v) is 4.78. The average molecular weight is 263 g/mol. The van der Waals surface area contributed by atoms with Gasteiger partial charge in [-0.15, -0.1) is 12.4 Å². The topological polar surface area (TPSA) is 32.3 Å². The van der Waals surface area contributed by atoms with E-state index in [9.17, 15) is 4.79 Å². The number of amides is 1. The molecule has 0 bridgehead atoms. The average Bonchev–Trinajstić information content (AvgIpc) is 2.78. The minimum atomic E-state index is 0. The number of hydrogen-bond acceptors (Lipinski definition) is 2. The van der Waals surface area contributed by atoms with Crippen molar-refractivity contribution in [2.45, 2.75) is 46.0 Å². The highest BCUT2D eigenvalue weighted by Crippen LogP contribution is 2.15. The number of carbonyl (C=O) groups excluding carboxylic acids is 1. The van der Waals surface area contributed by atoms with E-state index in [1.165, 1.54) is 6.42 Å². The first-order valence-electron chi connectivity index (χ1n) is 6.76. The third-order valence-corrected chi connectivity index (χ3v) is 3.27. The van der Waals surface area contributed by atoms with Crippen LogP contribution in [0.3, 0.4) is 0 Å². The van der Waals surface area contributed by atoms with Gasteiger partial charge < -0.3 is 10.2 Å². The van der Waals surface area contributed by atoms with Crippen molar-refractivity contribution in [1.29, 1.82) is 0 Å². The van der Waals surface area contributed by atoms with Gasteiger partial charge in [-0.1, -0.05) is 13.8 Å². The minimum absolute atomic E-state index is 0. The summed E-state index contributed by atoms with van der Waals surface area (Å²) in [5.74, 6) is 1.09. The molecule has 3 nitrogen and oxygen atoms in total. The summed E-state index contributed by atoms with van der Waals surface area (Å²) in [6.07, 6.45) is 5.18. The van der Waals surface area contributed by atoms with E-state index >= 15 is 0 Å². The Kier molecular flexibility index (Phi) is 9.56. The molecule has 4 heteroatoms. The maximum absolute atomic E-state index is 12.0. The van der Waals surface area contributed by atoms with Crippen LogP contribution in [-0.4, -0.2) is 37.0 Å². The number of carbonyl (C=O) groups is 1. The summed E-state index contributed by atoms with van der Waals surface area (Å²) in [6, 6.07) is 0. The van der Waals surface area contributed by atoms with E-state index < -0.39 is 0 Å². The highest BCUT2D eigenvalue weighted by Gasteiger charge is 2.17. The molecular weight excluding hydrogens is 236 g/mol. The molecular formula is C13H27ClN2O. The molecule has 0 aliphatic carbocycles. The summed E-state index contributed by atoms with van der Waals surface area (Å²) >= 11 is 0. The molecule has 1 atom stereocenters. The normalized spacial score (nSPS) is 18.8. The molecule has 0 aromatic heterocycles. The number of rotatable bonds is 7. The second-order valence-electron chi connectivity index (χ2n) is 4.78. The summed E-state index contributed by atoms with van der Waals surface area (Å²) in [6.45, 7) is 8.36. The van der Waals surface area contributed by atoms with Gasteiger partial charge >= 0.3 is 0 Å². The highest BCUT2D eigenvalue weighted by atomic mass is 35.5. The zero-order valence-corrected chi connectivity index (χ0v) is 12.0. The first kappa shape index (κ1) is 16.7. The van der Waals surface area contributed by atoms with E-state index in [4.69, 9.17) is 0 Å². The van der Waals surface area contributed by atoms with E-state index in [1.807, 2.05) is 4.90 Å². The van der Waals surface area contributed by atoms with Gasteiger partial charge in [-0.3, -0.25) is 4.79 Å². The molecule has 1 heterocycles. The van der Waals surface area contributed by atoms with Gasteiger partial charge in [0, 0.05) is 19.5 Å². The molecule has 1 aliphatic heterocycles. The quantitative estimate of drug-likeness (QED) is 0.764. The van der Waals surface area contributed by atoms with Crippen LogP contribution in [-0.2, 0) is 4.79 Å². The molecule has 1 aliphatic rings. The van der Waals surface area contributed by atoms with Gasteiger partial charge in [0.25, 0.3) is 0 Å². The second kappa shape index (κ2) is 9.72. The third-order valence-electron chi connectivity index (χ3n) is 3.27. The summed E-state index contributed by atoms with van der Waals surface area (Å²) in [4.78, 5) is 14.0. The fourth-order valence-corrected chi connectivity index (χ4v) is 2.35. The molecule has 0 aromatic rings. The molecule has 17 heavy (non-hydrogen) atoms. The van der Waals surface area contributed by atoms with Crippen LogP contribution in [0.5, 0.6) is 0 Å². The fraction of sp³-hybridized carbons (Fsp3) is 0.923. The maximum Gasteiger partial charge on any atom is 0.222 e. The molecule has 1 N–H and O–H groups in total. The summed E-state index contributed by atoms with van der Waals surface area (Å²) in [7, 11) is 0. The summed E-state index contributed by atoms with van der Waals surface area (Å²) < 4.78 is 0. The van der Waals surface area contributed by atoms with E-state index in [2.05, 4.69) is 19.2 Å². The Morgan fingerprint density at radius 1 is 1.29 bits per heavy atom. The van der Waals surface area contributed by atoms with Gasteiger partial charge in [0.05, 0.1) is 0 Å². The summed E-state index contributed by atoms with van der Waals surface area (Å²) in [5.41, 5.74) is 0. The third kappa shape index (κ3) is 6.27. The van der Waals surface area contributed by atoms with E-state index in [-0.39, 0.29) is 12.4 Å². The molecule has 1 saturated heterocycles. The zero-order valence-electron chi connectivity index (χ0n) is 11.2. The lowest BCUT2D eigenvalue weighted by atomic mass is 10.0. The van der Waals surface area contributed by atoms with Crippen molar-refractivity contribution in [2.75, 3.05) is 26.2 Å². The van der Waals surface area contributed by atoms with Gasteiger partial charge in [0.1, 0.15) is 0 Å². The Morgan fingerprint density at radius 3 is 2.41 bits per heavy atom. The van der Waals surface area contributed by atoms with Crippen LogP contribution in [0, 0.1) is 5.92 Å². The van der Waals surface area contributed by atoms with Crippen LogP contribution in [0.15, 0.2) is 0 Å². The Balaban J connectivity index is 0.00000256. The number of nitrogens with one attached hydrogen (secondary N) is 1. The number of hydrogen-bond donors (Lipinski definition) is 1. The zero-order chi connectivity index (χ0) is 11.8. The Bertz CT molecular complexity index is 200. The SMILES string of the molecule is CCCN(CCC)C(=O)CCC1CCNC1.Cl. The van der Waals surface area contributed by atoms with Crippen molar-refractivity contribution in [1.82, 2.24) is 10.2 Å². The van der Waals surface area contributed by atoms with Gasteiger partial charge in [0.15, 0.2) is 0 Å². The first-order chi connectivity index (χ1) is 7.77. The van der Waals surface area contributed by atoms with E-state index in [0.29, 0.717) is 5.91 Å². The van der Waals surface area contributed by atoms with Crippen molar-refractivity contribution in [3.8, 4) is 0 Å². The van der Waals surface area contributed by atoms with Crippen LogP contribution in [0.4, 0.5) is 0 Å². The van der Waals surface area contributed by atoms with Crippen molar-refractivity contribution in [3.05, 3.63) is 0 Å². The maximum atomic E-state index is 12.0. The molecule has 102 valence electrons. The first-order valence-corrected chi connectivity index (χ1v) is 6.76. The van der Waals surface area contributed by atoms with Crippen LogP contribution in [0.2, 0.25) is 0 Å². The Hall–Kier alpha value is -0.280. The molecule has 1 rings (SSSR count). The van der Waals surface area contributed by atoms with Crippen LogP contribution in [0.25, 0.3) is 0 Å². The van der Waals surface area contributed by atoms with Gasteiger partial charge in [-0.25, -0.2) is 0 Å². The van der Waals surface area contributed by atoms with Crippen LogP contribution < -0.4 is 5.32 Å². The highest BCUT2D eigenvalue weighted by molar-refractivity contribution is 5.85. The largest absolute Gasteiger partial charge is 0.343 e. The molecule has 0 radical (unpaired) electrons. The Morgan fingerprint density at radius 2 is 1.94 bits per heavy atom. The van der Waals surface area contributed by atoms with Gasteiger partial charge in [-0.2, -0.15) is 0 Å². The lowest BCUT2D eigenvalue weighted by Crippen LogP contribution is -2.32. The molecule has 1 unspecified atom stereocenters. The number of nitrogens with zero attached hydrogens (tertiary/aromatic N) is 1. The monoisotopic (exact) mass is 262 g/mol. The predicted molar refractivity (Wildman–Crippen MR) is 74.6 cm³/mol. The van der Waals surface area contributed by atoms with Gasteiger partial charge in [0.2, 0.25) is 5.91 Å². The lowest BCUT2D eigenvalue weighted by molar-refractivity contribution is -0.131. The summed E-state index contributed by atoms with van der Waals surface area (Å²) in [5, 5.41) is 3.35. The predicted octanol–water partition coefficient (Wildman–Crippen LogP) is 2.45. The molecule has 0 aromatic carbocycles. The van der Waals surface area contributed by atoms with E-state index in [0.717, 1.165) is 57.8 Å². The van der Waals surface area contributed by atoms with Crippen molar-refractivity contribution < 1.29 is 4.79 Å². The molecule has 0 saturated carbocycles. The molecule has 1 amide bonds. The smallest absolute Gasteiger partial charge is 0.222 e. The lowest BCUT2D eigenvalue weighted by Gasteiger charge is -2.22. The van der Waals surface area contributed by atoms with Crippen LogP contribution in [0.1, 0.15) is 46.0 Å². The van der Waals surface area contributed by atoms with E-state index in [1.54, 1.807) is 0 Å². The minimum Gasteiger partial charge on any atom is -0.343 e. The number of halogens is 1. The Labute approximate surface area is 112 Å². The van der Waals surface area contributed by atoms with Crippen molar-refractivity contribution >= 4 is 18.3 Å². The molecule has 0 spiro atoms.